The highest BCUT2D eigenvalue weighted by atomic mass is 19.1. The molecule has 0 aliphatic rings. The lowest BCUT2D eigenvalue weighted by atomic mass is 9.92. The van der Waals surface area contributed by atoms with Gasteiger partial charge in [0.15, 0.2) is 0 Å². The van der Waals surface area contributed by atoms with Crippen molar-refractivity contribution in [3.8, 4) is 22.4 Å². The fourth-order valence-corrected chi connectivity index (χ4v) is 6.76. The third kappa shape index (κ3) is 10.2. The number of halogens is 1. The molecule has 0 bridgehead atoms. The number of carbonyl (C=O) groups excluding carboxylic acids is 3. The number of anilines is 1. The molecule has 0 saturated carbocycles. The van der Waals surface area contributed by atoms with E-state index in [-0.39, 0.29) is 30.6 Å². The van der Waals surface area contributed by atoms with Crippen molar-refractivity contribution >= 4 is 29.4 Å². The molecule has 1 aromatic heterocycles. The van der Waals surface area contributed by atoms with Gasteiger partial charge in [-0.3, -0.25) is 19.3 Å². The number of rotatable bonds is 19. The standard InChI is InChI=1S/C40H46FN3O10/c1-23(2)36-35(40(54)44(27-11-7-4-8-12-27)38(39(42)53)31(48)20-30(47)22-33(51)52)34(24-9-5-3-6-10-24)37(25-13-15-26(41)16-14-25)43(36)18-17-28(45)19-29(46)21-32(49)50/h3-16,23,28-31,38,45-48H,17-22H2,1-2H3,(H2,42,53)(H,49,50)(H,51,52)/p-1/t28-,29-,30?,31?,38?/m1/s1. The van der Waals surface area contributed by atoms with Crippen molar-refractivity contribution in [2.75, 3.05) is 4.90 Å². The lowest BCUT2D eigenvalue weighted by molar-refractivity contribution is -0.307. The van der Waals surface area contributed by atoms with Gasteiger partial charge in [0.25, 0.3) is 5.91 Å². The first-order valence-electron chi connectivity index (χ1n) is 17.5. The lowest BCUT2D eigenvalue weighted by Gasteiger charge is -2.34. The molecule has 13 nitrogen and oxygen atoms in total. The van der Waals surface area contributed by atoms with Crippen LogP contribution >= 0.6 is 0 Å². The largest absolute Gasteiger partial charge is 0.550 e. The number of primary amides is 1. The number of aliphatic carboxylic acids is 2. The van der Waals surface area contributed by atoms with Gasteiger partial charge in [-0.25, -0.2) is 4.39 Å². The van der Waals surface area contributed by atoms with Gasteiger partial charge in [-0.1, -0.05) is 62.4 Å². The summed E-state index contributed by atoms with van der Waals surface area (Å²) in [6.45, 7) is 3.67. The summed E-state index contributed by atoms with van der Waals surface area (Å²) in [6, 6.07) is 20.5. The summed E-state index contributed by atoms with van der Waals surface area (Å²) >= 11 is 0. The highest BCUT2D eigenvalue weighted by molar-refractivity contribution is 6.16. The number of hydrogen-bond acceptors (Lipinski definition) is 9. The molecule has 288 valence electrons. The Bertz CT molecular complexity index is 1900. The van der Waals surface area contributed by atoms with E-state index < -0.39 is 85.2 Å². The topological polar surface area (TPSA) is 227 Å². The normalized spacial score (nSPS) is 14.2. The van der Waals surface area contributed by atoms with Crippen LogP contribution < -0.4 is 15.7 Å². The molecule has 14 heteroatoms. The van der Waals surface area contributed by atoms with Crippen LogP contribution in [0, 0.1) is 5.82 Å². The zero-order valence-corrected chi connectivity index (χ0v) is 29.9. The summed E-state index contributed by atoms with van der Waals surface area (Å²) in [5.41, 5.74) is 8.38. The van der Waals surface area contributed by atoms with Crippen molar-refractivity contribution in [2.45, 2.75) is 88.9 Å². The fraction of sp³-hybridized carbons (Fsp3) is 0.350. The Kier molecular flexibility index (Phi) is 14.2. The van der Waals surface area contributed by atoms with E-state index >= 15 is 4.79 Å². The summed E-state index contributed by atoms with van der Waals surface area (Å²) in [5, 5.41) is 63.2. The molecule has 0 spiro atoms. The zero-order chi connectivity index (χ0) is 39.7. The minimum absolute atomic E-state index is 0.0128. The van der Waals surface area contributed by atoms with E-state index in [0.29, 0.717) is 28.1 Å². The van der Waals surface area contributed by atoms with Crippen molar-refractivity contribution in [3.63, 3.8) is 0 Å². The number of carboxylic acids is 2. The van der Waals surface area contributed by atoms with Crippen LogP contribution in [0.25, 0.3) is 22.4 Å². The van der Waals surface area contributed by atoms with Crippen molar-refractivity contribution in [1.82, 2.24) is 4.57 Å². The third-order valence-electron chi connectivity index (χ3n) is 8.99. The number of aliphatic hydroxyl groups is 4. The average molecular weight is 747 g/mol. The van der Waals surface area contributed by atoms with E-state index in [0.717, 1.165) is 4.90 Å². The van der Waals surface area contributed by atoms with Gasteiger partial charge in [-0.15, -0.1) is 0 Å². The minimum atomic E-state index is -1.81. The Labute approximate surface area is 311 Å². The molecule has 0 aliphatic heterocycles. The molecule has 54 heavy (non-hydrogen) atoms. The number of nitrogens with zero attached hydrogens (tertiary/aromatic N) is 2. The van der Waals surface area contributed by atoms with Crippen LogP contribution in [0.15, 0.2) is 84.9 Å². The number of amides is 2. The second-order valence-electron chi connectivity index (χ2n) is 13.5. The number of aromatic nitrogens is 1. The molecule has 5 atom stereocenters. The van der Waals surface area contributed by atoms with E-state index in [9.17, 15) is 49.4 Å². The van der Waals surface area contributed by atoms with Crippen LogP contribution in [0.2, 0.25) is 0 Å². The zero-order valence-electron chi connectivity index (χ0n) is 29.9. The van der Waals surface area contributed by atoms with Crippen LogP contribution in [-0.4, -0.2) is 84.3 Å². The van der Waals surface area contributed by atoms with Gasteiger partial charge in [0, 0.05) is 42.3 Å². The first-order chi connectivity index (χ1) is 25.6. The Balaban J connectivity index is 2.03. The van der Waals surface area contributed by atoms with E-state index in [1.165, 1.54) is 36.4 Å². The maximum Gasteiger partial charge on any atom is 0.305 e. The maximum absolute atomic E-state index is 15.4. The average Bonchev–Trinajstić information content (AvgIpc) is 3.45. The van der Waals surface area contributed by atoms with E-state index in [1.54, 1.807) is 53.1 Å². The molecule has 3 unspecified atom stereocenters. The summed E-state index contributed by atoms with van der Waals surface area (Å²) < 4.78 is 16.1. The summed E-state index contributed by atoms with van der Waals surface area (Å²) in [6.07, 6.45) is -8.27. The second kappa shape index (κ2) is 18.6. The molecular formula is C40H45FN3O10-. The number of benzene rings is 3. The van der Waals surface area contributed by atoms with Gasteiger partial charge < -0.3 is 45.7 Å². The monoisotopic (exact) mass is 746 g/mol. The number of carbonyl (C=O) groups is 4. The Morgan fingerprint density at radius 2 is 1.37 bits per heavy atom. The van der Waals surface area contributed by atoms with Gasteiger partial charge >= 0.3 is 5.97 Å². The predicted molar refractivity (Wildman–Crippen MR) is 195 cm³/mol. The van der Waals surface area contributed by atoms with Crippen molar-refractivity contribution in [2.24, 2.45) is 5.73 Å². The molecule has 7 N–H and O–H groups in total. The Hall–Kier alpha value is -5.41. The Morgan fingerprint density at radius 3 is 1.91 bits per heavy atom. The van der Waals surface area contributed by atoms with Gasteiger partial charge in [-0.05, 0) is 66.3 Å². The first-order valence-corrected chi connectivity index (χ1v) is 17.5. The third-order valence-corrected chi connectivity index (χ3v) is 8.99. The van der Waals surface area contributed by atoms with E-state index in [4.69, 9.17) is 5.73 Å². The Morgan fingerprint density at radius 1 is 0.796 bits per heavy atom. The molecule has 0 radical (unpaired) electrons. The number of aliphatic hydroxyl groups excluding tert-OH is 4. The highest BCUT2D eigenvalue weighted by Crippen LogP contribution is 2.44. The number of hydrogen-bond donors (Lipinski definition) is 6. The second-order valence-corrected chi connectivity index (χ2v) is 13.5. The van der Waals surface area contributed by atoms with Gasteiger partial charge in [0.1, 0.15) is 11.9 Å². The molecular weight excluding hydrogens is 701 g/mol. The molecule has 2 amide bonds. The molecule has 4 aromatic rings. The summed E-state index contributed by atoms with van der Waals surface area (Å²) in [5.74, 6) is -5.70. The van der Waals surface area contributed by atoms with Crippen LogP contribution in [0.5, 0.6) is 0 Å². The number of nitrogens with two attached hydrogens (primary N) is 1. The summed E-state index contributed by atoms with van der Waals surface area (Å²) in [4.78, 5) is 52.1. The fourth-order valence-electron chi connectivity index (χ4n) is 6.76. The van der Waals surface area contributed by atoms with Crippen LogP contribution in [-0.2, 0) is 20.9 Å². The van der Waals surface area contributed by atoms with Gasteiger partial charge in [-0.2, -0.15) is 0 Å². The van der Waals surface area contributed by atoms with Crippen LogP contribution in [0.3, 0.4) is 0 Å². The number of para-hydroxylation sites is 1. The van der Waals surface area contributed by atoms with Crippen molar-refractivity contribution in [3.05, 3.63) is 102 Å². The van der Waals surface area contributed by atoms with Crippen molar-refractivity contribution in [1.29, 1.82) is 0 Å². The SMILES string of the molecule is CC(C)c1c(C(=O)N(c2ccccc2)C(C(N)=O)C(O)CC(O)CC(=O)O)c(-c2ccccc2)c(-c2ccc(F)cc2)n1CC[C@@H](O)C[C@@H](O)CC(=O)[O-]. The lowest BCUT2D eigenvalue weighted by Crippen LogP contribution is -2.55. The molecule has 4 rings (SSSR count). The van der Waals surface area contributed by atoms with Crippen LogP contribution in [0.4, 0.5) is 10.1 Å². The van der Waals surface area contributed by atoms with Gasteiger partial charge in [0.05, 0.1) is 42.1 Å². The molecule has 3 aromatic carbocycles. The van der Waals surface area contributed by atoms with E-state index in [2.05, 4.69) is 0 Å². The highest BCUT2D eigenvalue weighted by Gasteiger charge is 2.41. The van der Waals surface area contributed by atoms with Gasteiger partial charge in [0.2, 0.25) is 5.91 Å². The minimum Gasteiger partial charge on any atom is -0.550 e. The molecule has 0 fully saturated rings. The smallest absolute Gasteiger partial charge is 0.305 e. The number of carboxylic acid groups (broad SMARTS) is 2. The van der Waals surface area contributed by atoms with Crippen molar-refractivity contribution < 1.29 is 54.2 Å². The molecule has 0 aliphatic carbocycles. The van der Waals surface area contributed by atoms with E-state index in [1.807, 2.05) is 13.8 Å². The molecule has 0 saturated heterocycles. The molecule has 1 heterocycles. The summed E-state index contributed by atoms with van der Waals surface area (Å²) in [7, 11) is 0. The first kappa shape index (κ1) is 41.3. The predicted octanol–water partition coefficient (Wildman–Crippen LogP) is 2.81. The maximum atomic E-state index is 15.4. The van der Waals surface area contributed by atoms with Crippen LogP contribution in [0.1, 0.15) is 67.9 Å². The quantitative estimate of drug-likeness (QED) is 0.0823.